The number of hydrogen-bond donors (Lipinski definition) is 0. The first-order valence-electron chi connectivity index (χ1n) is 24.5. The Morgan fingerprint density at radius 2 is 0.829 bits per heavy atom. The lowest BCUT2D eigenvalue weighted by molar-refractivity contribution is 0.488. The van der Waals surface area contributed by atoms with Crippen LogP contribution < -0.4 is 9.64 Å². The summed E-state index contributed by atoms with van der Waals surface area (Å²) >= 11 is 0. The smallest absolute Gasteiger partial charge is 0.137 e. The second-order valence-electron chi connectivity index (χ2n) is 19.9. The zero-order chi connectivity index (χ0) is 46.3. The van der Waals surface area contributed by atoms with Crippen LogP contribution in [0, 0.1) is 0 Å². The number of nitrogens with zero attached hydrogens (tertiary/aromatic N) is 1. The Balaban J connectivity index is 1.02. The van der Waals surface area contributed by atoms with Crippen LogP contribution in [0.4, 0.5) is 17.1 Å². The van der Waals surface area contributed by atoms with Crippen LogP contribution >= 0.6 is 0 Å². The summed E-state index contributed by atoms with van der Waals surface area (Å²) in [5.41, 5.74) is 25.0. The Morgan fingerprint density at radius 3 is 1.49 bits per heavy atom. The molecule has 70 heavy (non-hydrogen) atoms. The summed E-state index contributed by atoms with van der Waals surface area (Å²) in [6.45, 7) is 4.75. The van der Waals surface area contributed by atoms with Crippen molar-refractivity contribution in [2.75, 3.05) is 4.90 Å². The Kier molecular flexibility index (Phi) is 8.08. The van der Waals surface area contributed by atoms with Gasteiger partial charge in [-0.05, 0) is 154 Å². The molecule has 0 saturated heterocycles. The van der Waals surface area contributed by atoms with Crippen molar-refractivity contribution < 1.29 is 4.74 Å². The van der Waals surface area contributed by atoms with Crippen LogP contribution in [0.25, 0.3) is 77.5 Å². The van der Waals surface area contributed by atoms with E-state index in [9.17, 15) is 0 Å². The molecule has 0 aromatic heterocycles. The van der Waals surface area contributed by atoms with Gasteiger partial charge in [0.15, 0.2) is 0 Å². The molecule has 0 fully saturated rings. The molecule has 1 aliphatic heterocycles. The first-order chi connectivity index (χ1) is 34.5. The summed E-state index contributed by atoms with van der Waals surface area (Å²) in [6, 6.07) is 88.1. The lowest BCUT2D eigenvalue weighted by atomic mass is 9.70. The number of fused-ring (bicyclic) bond motifs is 19. The Morgan fingerprint density at radius 1 is 0.314 bits per heavy atom. The van der Waals surface area contributed by atoms with Crippen molar-refractivity contribution in [3.8, 4) is 78.3 Å². The van der Waals surface area contributed by atoms with E-state index in [0.29, 0.717) is 0 Å². The maximum atomic E-state index is 7.29. The zero-order valence-corrected chi connectivity index (χ0v) is 38.9. The number of hydrogen-bond acceptors (Lipinski definition) is 2. The Labute approximate surface area is 408 Å². The third-order valence-electron chi connectivity index (χ3n) is 16.1. The predicted molar refractivity (Wildman–Crippen MR) is 289 cm³/mol. The van der Waals surface area contributed by atoms with Gasteiger partial charge in [-0.25, -0.2) is 0 Å². The van der Waals surface area contributed by atoms with Gasteiger partial charge in [0.2, 0.25) is 0 Å². The predicted octanol–water partition coefficient (Wildman–Crippen LogP) is 18.1. The van der Waals surface area contributed by atoms with E-state index in [1.165, 1.54) is 77.7 Å². The molecule has 11 aromatic carbocycles. The van der Waals surface area contributed by atoms with Crippen LogP contribution in [0.3, 0.4) is 0 Å². The van der Waals surface area contributed by atoms with Crippen LogP contribution in [0.1, 0.15) is 47.2 Å². The molecule has 0 radical (unpaired) electrons. The topological polar surface area (TPSA) is 12.5 Å². The largest absolute Gasteiger partial charge is 0.456 e. The minimum absolute atomic E-state index is 0.199. The van der Waals surface area contributed by atoms with Crippen molar-refractivity contribution >= 4 is 27.8 Å². The average Bonchev–Trinajstić information content (AvgIpc) is 3.92. The van der Waals surface area contributed by atoms with Crippen LogP contribution in [-0.4, -0.2) is 0 Å². The van der Waals surface area contributed by atoms with Gasteiger partial charge < -0.3 is 9.64 Å². The number of anilines is 3. The summed E-state index contributed by atoms with van der Waals surface area (Å²) < 4.78 is 7.29. The zero-order valence-electron chi connectivity index (χ0n) is 38.9. The fraction of sp³-hybridized carbons (Fsp3) is 0.0588. The fourth-order valence-electron chi connectivity index (χ4n) is 13.0. The quantitative estimate of drug-likeness (QED) is 0.175. The van der Waals surface area contributed by atoms with Gasteiger partial charge in [0.25, 0.3) is 0 Å². The highest BCUT2D eigenvalue weighted by molar-refractivity contribution is 6.04. The monoisotopic (exact) mass is 891 g/mol. The molecule has 2 nitrogen and oxygen atoms in total. The molecule has 328 valence electrons. The van der Waals surface area contributed by atoms with E-state index >= 15 is 0 Å². The first kappa shape index (κ1) is 39.3. The van der Waals surface area contributed by atoms with Crippen LogP contribution in [0.15, 0.2) is 237 Å². The molecule has 1 spiro atoms. The van der Waals surface area contributed by atoms with E-state index in [0.717, 1.165) is 61.8 Å². The van der Waals surface area contributed by atoms with Crippen molar-refractivity contribution in [3.63, 3.8) is 0 Å². The fourth-order valence-corrected chi connectivity index (χ4v) is 13.0. The minimum Gasteiger partial charge on any atom is -0.456 e. The standard InChI is InChI=1S/C68H45NO/c1-67(2)57-25-12-8-21-48(57)52-35-32-46(40-61(52)67)69(47-33-36-53-51-24-11-15-28-60(51)68(62(53)41-47)58-26-13-9-22-49(58)50-23-10-14-27-59(50)68)63-29-16-30-64-66(63)54-34-31-45(42-17-4-3-5-18-42)37-55(54)56-38-43-19-6-7-20-44(43)39-65(56)70-64/h3-41H,1-2H3. The van der Waals surface area contributed by atoms with Gasteiger partial charge in [0.05, 0.1) is 11.1 Å². The van der Waals surface area contributed by atoms with E-state index in [2.05, 4.69) is 255 Å². The summed E-state index contributed by atoms with van der Waals surface area (Å²) in [6.07, 6.45) is 0. The van der Waals surface area contributed by atoms with Gasteiger partial charge in [0.1, 0.15) is 11.5 Å². The molecule has 1 heterocycles. The van der Waals surface area contributed by atoms with E-state index < -0.39 is 5.41 Å². The molecular weight excluding hydrogens is 847 g/mol. The van der Waals surface area contributed by atoms with E-state index in [-0.39, 0.29) is 5.41 Å². The third kappa shape index (κ3) is 5.28. The summed E-state index contributed by atoms with van der Waals surface area (Å²) in [5.74, 6) is 1.67. The molecule has 0 unspecified atom stereocenters. The molecule has 0 bridgehead atoms. The van der Waals surface area contributed by atoms with Crippen LogP contribution in [0.5, 0.6) is 11.5 Å². The normalized spacial score (nSPS) is 14.2. The number of ether oxygens (including phenoxy) is 1. The maximum Gasteiger partial charge on any atom is 0.137 e. The molecule has 2 heteroatoms. The number of rotatable bonds is 4. The van der Waals surface area contributed by atoms with Crippen molar-refractivity contribution in [1.29, 1.82) is 0 Å². The highest BCUT2D eigenvalue weighted by atomic mass is 16.5. The molecule has 15 rings (SSSR count). The molecule has 0 N–H and O–H groups in total. The van der Waals surface area contributed by atoms with Crippen molar-refractivity contribution in [2.45, 2.75) is 24.7 Å². The molecular formula is C68H45NO. The number of benzene rings is 11. The molecule has 0 atom stereocenters. The maximum absolute atomic E-state index is 7.29. The average molecular weight is 892 g/mol. The summed E-state index contributed by atoms with van der Waals surface area (Å²) in [4.78, 5) is 2.52. The second kappa shape index (κ2) is 14.4. The molecule has 3 aliphatic carbocycles. The van der Waals surface area contributed by atoms with E-state index in [1.54, 1.807) is 0 Å². The van der Waals surface area contributed by atoms with Crippen LogP contribution in [-0.2, 0) is 10.8 Å². The minimum atomic E-state index is -0.497. The summed E-state index contributed by atoms with van der Waals surface area (Å²) in [7, 11) is 0. The first-order valence-corrected chi connectivity index (χ1v) is 24.5. The molecule has 0 amide bonds. The molecule has 4 aliphatic rings. The Hall–Kier alpha value is -8.72. The van der Waals surface area contributed by atoms with Crippen molar-refractivity contribution in [3.05, 3.63) is 270 Å². The van der Waals surface area contributed by atoms with Gasteiger partial charge in [0, 0.05) is 27.9 Å². The van der Waals surface area contributed by atoms with Gasteiger partial charge >= 0.3 is 0 Å². The van der Waals surface area contributed by atoms with E-state index in [4.69, 9.17) is 4.74 Å². The van der Waals surface area contributed by atoms with E-state index in [1.807, 2.05) is 0 Å². The third-order valence-corrected chi connectivity index (χ3v) is 16.1. The van der Waals surface area contributed by atoms with Gasteiger partial charge in [-0.3, -0.25) is 0 Å². The highest BCUT2D eigenvalue weighted by Crippen LogP contribution is 2.64. The Bertz CT molecular complexity index is 3960. The SMILES string of the molecule is CC1(C)c2ccccc2-c2ccc(N(c3ccc4c(c3)C3(c5ccccc5-c5ccccc53)c3ccccc3-4)c3cccc4c3-c3ccc(-c5ccccc5)cc3-c3cc5ccccc5cc3O4)cc21. The molecule has 0 saturated carbocycles. The second-order valence-corrected chi connectivity index (χ2v) is 19.9. The molecule has 11 aromatic rings. The lowest BCUT2D eigenvalue weighted by Crippen LogP contribution is -2.26. The highest BCUT2D eigenvalue weighted by Gasteiger charge is 2.52. The lowest BCUT2D eigenvalue weighted by Gasteiger charge is -2.33. The van der Waals surface area contributed by atoms with Gasteiger partial charge in [-0.15, -0.1) is 0 Å². The summed E-state index contributed by atoms with van der Waals surface area (Å²) in [5, 5.41) is 2.33. The van der Waals surface area contributed by atoms with Gasteiger partial charge in [-0.1, -0.05) is 196 Å². The van der Waals surface area contributed by atoms with Crippen molar-refractivity contribution in [1.82, 2.24) is 0 Å². The van der Waals surface area contributed by atoms with Crippen LogP contribution in [0.2, 0.25) is 0 Å². The van der Waals surface area contributed by atoms with Gasteiger partial charge in [-0.2, -0.15) is 0 Å². The van der Waals surface area contributed by atoms with Crippen molar-refractivity contribution in [2.24, 2.45) is 0 Å².